The number of benzene rings is 2. The molecule has 0 spiro atoms. The molecule has 0 aliphatic heterocycles. The second kappa shape index (κ2) is 7.09. The third-order valence-electron chi connectivity index (χ3n) is 4.17. The van der Waals surface area contributed by atoms with Gasteiger partial charge in [-0.15, -0.1) is 0 Å². The molecule has 0 saturated heterocycles. The molecule has 0 radical (unpaired) electrons. The van der Waals surface area contributed by atoms with E-state index in [1.54, 1.807) is 0 Å². The highest BCUT2D eigenvalue weighted by Crippen LogP contribution is 2.18. The first-order valence-corrected chi connectivity index (χ1v) is 8.04. The molecule has 0 unspecified atom stereocenters. The van der Waals surface area contributed by atoms with Crippen LogP contribution in [0.5, 0.6) is 0 Å². The zero-order chi connectivity index (χ0) is 16.9. The van der Waals surface area contributed by atoms with Crippen LogP contribution >= 0.6 is 0 Å². The fourth-order valence-corrected chi connectivity index (χ4v) is 2.66. The van der Waals surface area contributed by atoms with Gasteiger partial charge in [0, 0.05) is 17.3 Å². The fraction of sp³-hybridized carbons (Fsp3) is 0.143. The van der Waals surface area contributed by atoms with Gasteiger partial charge in [0.15, 0.2) is 12.4 Å². The summed E-state index contributed by atoms with van der Waals surface area (Å²) >= 11 is 0. The maximum Gasteiger partial charge on any atom is 0.290 e. The smallest absolute Gasteiger partial charge is 0.290 e. The van der Waals surface area contributed by atoms with Crippen LogP contribution in [0.3, 0.4) is 0 Å². The molecule has 0 fully saturated rings. The Bertz CT molecular complexity index is 857. The highest BCUT2D eigenvalue weighted by Gasteiger charge is 2.12. The molecule has 1 N–H and O–H groups in total. The Labute approximate surface area is 142 Å². The fourth-order valence-electron chi connectivity index (χ4n) is 2.66. The molecule has 1 amide bonds. The minimum absolute atomic E-state index is 0.0288. The molecule has 0 aliphatic carbocycles. The molecule has 0 bridgehead atoms. The highest BCUT2D eigenvalue weighted by atomic mass is 16.1. The Kier molecular flexibility index (Phi) is 4.71. The average Bonchev–Trinajstić information content (AvgIpc) is 2.60. The zero-order valence-electron chi connectivity index (χ0n) is 14.0. The lowest BCUT2D eigenvalue weighted by Crippen LogP contribution is -2.39. The van der Waals surface area contributed by atoms with Crippen molar-refractivity contribution >= 4 is 11.6 Å². The molecule has 3 aromatic rings. The molecule has 2 aromatic carbocycles. The monoisotopic (exact) mass is 317 g/mol. The van der Waals surface area contributed by atoms with Gasteiger partial charge in [-0.3, -0.25) is 4.79 Å². The highest BCUT2D eigenvalue weighted by molar-refractivity contribution is 5.90. The number of anilines is 1. The maximum atomic E-state index is 12.4. The van der Waals surface area contributed by atoms with E-state index in [-0.39, 0.29) is 12.5 Å². The van der Waals surface area contributed by atoms with Crippen LogP contribution in [0, 0.1) is 13.8 Å². The van der Waals surface area contributed by atoms with Crippen LogP contribution < -0.4 is 9.88 Å². The summed E-state index contributed by atoms with van der Waals surface area (Å²) in [5, 5.41) is 3.00. The van der Waals surface area contributed by atoms with Crippen molar-refractivity contribution in [3.05, 3.63) is 84.2 Å². The first-order chi connectivity index (χ1) is 11.6. The maximum absolute atomic E-state index is 12.4. The minimum Gasteiger partial charge on any atom is -0.320 e. The number of amides is 1. The van der Waals surface area contributed by atoms with Crippen molar-refractivity contribution in [2.75, 3.05) is 5.32 Å². The van der Waals surface area contributed by atoms with E-state index in [0.717, 1.165) is 22.4 Å². The molecule has 3 rings (SSSR count). The van der Waals surface area contributed by atoms with E-state index >= 15 is 0 Å². The lowest BCUT2D eigenvalue weighted by atomic mass is 10.1. The van der Waals surface area contributed by atoms with E-state index in [9.17, 15) is 4.79 Å². The quantitative estimate of drug-likeness (QED) is 0.727. The number of nitrogens with zero attached hydrogens (tertiary/aromatic N) is 1. The summed E-state index contributed by atoms with van der Waals surface area (Å²) < 4.78 is 1.91. The van der Waals surface area contributed by atoms with Crippen LogP contribution in [-0.2, 0) is 11.3 Å². The molecule has 0 saturated carbocycles. The minimum atomic E-state index is -0.0288. The van der Waals surface area contributed by atoms with Crippen LogP contribution in [-0.4, -0.2) is 5.91 Å². The zero-order valence-corrected chi connectivity index (χ0v) is 14.0. The summed E-state index contributed by atoms with van der Waals surface area (Å²) in [7, 11) is 0. The molecular weight excluding hydrogens is 296 g/mol. The van der Waals surface area contributed by atoms with Gasteiger partial charge in [-0.05, 0) is 42.7 Å². The van der Waals surface area contributed by atoms with Gasteiger partial charge in [0.2, 0.25) is 6.54 Å². The second-order valence-corrected chi connectivity index (χ2v) is 5.93. The molecule has 0 atom stereocenters. The Morgan fingerprint density at radius 1 is 0.917 bits per heavy atom. The van der Waals surface area contributed by atoms with Crippen molar-refractivity contribution in [3.8, 4) is 11.1 Å². The SMILES string of the molecule is Cc1cccc(NC(=O)C[n+]2cccc(-c3ccccc3)c2)c1C. The molecule has 24 heavy (non-hydrogen) atoms. The number of hydrogen-bond donors (Lipinski definition) is 1. The van der Waals surface area contributed by atoms with Crippen molar-refractivity contribution in [1.82, 2.24) is 0 Å². The number of nitrogens with one attached hydrogen (secondary N) is 1. The first-order valence-electron chi connectivity index (χ1n) is 8.04. The topological polar surface area (TPSA) is 33.0 Å². The van der Waals surface area contributed by atoms with E-state index in [0.29, 0.717) is 0 Å². The molecule has 3 heteroatoms. The van der Waals surface area contributed by atoms with Crippen molar-refractivity contribution < 1.29 is 9.36 Å². The van der Waals surface area contributed by atoms with Crippen molar-refractivity contribution in [3.63, 3.8) is 0 Å². The third-order valence-corrected chi connectivity index (χ3v) is 4.17. The Morgan fingerprint density at radius 3 is 2.46 bits per heavy atom. The summed E-state index contributed by atoms with van der Waals surface area (Å²) in [6.45, 7) is 4.35. The largest absolute Gasteiger partial charge is 0.320 e. The summed E-state index contributed by atoms with van der Waals surface area (Å²) in [6, 6.07) is 20.1. The normalized spacial score (nSPS) is 10.4. The molecule has 1 aromatic heterocycles. The van der Waals surface area contributed by atoms with Crippen LogP contribution in [0.25, 0.3) is 11.1 Å². The second-order valence-electron chi connectivity index (χ2n) is 5.93. The van der Waals surface area contributed by atoms with Gasteiger partial charge in [-0.1, -0.05) is 42.5 Å². The summed E-state index contributed by atoms with van der Waals surface area (Å²) in [4.78, 5) is 12.4. The number of hydrogen-bond acceptors (Lipinski definition) is 1. The number of carbonyl (C=O) groups excluding carboxylic acids is 1. The van der Waals surface area contributed by atoms with Gasteiger partial charge in [0.05, 0.1) is 0 Å². The van der Waals surface area contributed by atoms with E-state index in [1.165, 1.54) is 5.56 Å². The molecule has 120 valence electrons. The standard InChI is InChI=1S/C21H20N2O/c1-16-8-6-12-20(17(16)2)22-21(24)15-23-13-7-11-19(14-23)18-9-4-3-5-10-18/h3-14H,15H2,1-2H3/p+1. The number of aryl methyl sites for hydroxylation is 1. The predicted molar refractivity (Wildman–Crippen MR) is 96.6 cm³/mol. The van der Waals surface area contributed by atoms with Gasteiger partial charge in [-0.25, -0.2) is 0 Å². The lowest BCUT2D eigenvalue weighted by Gasteiger charge is -2.09. The summed E-state index contributed by atoms with van der Waals surface area (Å²) in [6.07, 6.45) is 3.91. The van der Waals surface area contributed by atoms with E-state index in [2.05, 4.69) is 23.5 Å². The summed E-state index contributed by atoms with van der Waals surface area (Å²) in [5.74, 6) is -0.0288. The van der Waals surface area contributed by atoms with Gasteiger partial charge in [-0.2, -0.15) is 4.57 Å². The average molecular weight is 317 g/mol. The van der Waals surface area contributed by atoms with E-state index in [1.807, 2.05) is 73.3 Å². The van der Waals surface area contributed by atoms with Crippen LogP contribution in [0.4, 0.5) is 5.69 Å². The molecule has 3 nitrogen and oxygen atoms in total. The summed E-state index contributed by atoms with van der Waals surface area (Å²) in [5.41, 5.74) is 5.39. The van der Waals surface area contributed by atoms with Crippen molar-refractivity contribution in [2.45, 2.75) is 20.4 Å². The van der Waals surface area contributed by atoms with Gasteiger partial charge in [0.25, 0.3) is 5.91 Å². The van der Waals surface area contributed by atoms with Crippen LogP contribution in [0.2, 0.25) is 0 Å². The molecular formula is C21H21N2O+. The number of rotatable bonds is 4. The Balaban J connectivity index is 1.74. The molecule has 1 heterocycles. The Morgan fingerprint density at radius 2 is 1.67 bits per heavy atom. The van der Waals surface area contributed by atoms with Gasteiger partial charge in [0.1, 0.15) is 0 Å². The number of pyridine rings is 1. The van der Waals surface area contributed by atoms with Crippen molar-refractivity contribution in [1.29, 1.82) is 0 Å². The van der Waals surface area contributed by atoms with E-state index < -0.39 is 0 Å². The lowest BCUT2D eigenvalue weighted by molar-refractivity contribution is -0.683. The number of carbonyl (C=O) groups is 1. The third kappa shape index (κ3) is 3.69. The van der Waals surface area contributed by atoms with Crippen molar-refractivity contribution in [2.24, 2.45) is 0 Å². The van der Waals surface area contributed by atoms with Crippen LogP contribution in [0.15, 0.2) is 73.1 Å². The van der Waals surface area contributed by atoms with Gasteiger partial charge >= 0.3 is 0 Å². The van der Waals surface area contributed by atoms with Gasteiger partial charge < -0.3 is 5.32 Å². The number of aromatic nitrogens is 1. The van der Waals surface area contributed by atoms with E-state index in [4.69, 9.17) is 0 Å². The van der Waals surface area contributed by atoms with Crippen LogP contribution in [0.1, 0.15) is 11.1 Å². The molecule has 0 aliphatic rings. The predicted octanol–water partition coefficient (Wildman–Crippen LogP) is 3.90. The first kappa shape index (κ1) is 15.9. The Hall–Kier alpha value is -2.94.